The van der Waals surface area contributed by atoms with Crippen LogP contribution >= 0.6 is 0 Å². The minimum absolute atomic E-state index is 0.000963. The van der Waals surface area contributed by atoms with Gasteiger partial charge in [0.2, 0.25) is 5.91 Å². The largest absolute Gasteiger partial charge is 0.338 e. The Kier molecular flexibility index (Phi) is 4.43. The van der Waals surface area contributed by atoms with Crippen molar-refractivity contribution in [3.8, 4) is 6.07 Å². The molecule has 0 bridgehead atoms. The van der Waals surface area contributed by atoms with Crippen molar-refractivity contribution in [1.82, 2.24) is 5.32 Å². The number of rotatable bonds is 4. The van der Waals surface area contributed by atoms with E-state index in [1.54, 1.807) is 19.1 Å². The number of nitrogens with zero attached hydrogens (tertiary/aromatic N) is 1. The van der Waals surface area contributed by atoms with Crippen molar-refractivity contribution < 1.29 is 9.18 Å². The van der Waals surface area contributed by atoms with Gasteiger partial charge < -0.3 is 5.32 Å². The molecule has 96 valence electrons. The highest BCUT2D eigenvalue weighted by molar-refractivity contribution is 5.79. The monoisotopic (exact) mass is 248 g/mol. The molecule has 1 N–H and O–H groups in total. The summed E-state index contributed by atoms with van der Waals surface area (Å²) in [6.07, 6.45) is 0.0712. The van der Waals surface area contributed by atoms with Crippen LogP contribution in [0.25, 0.3) is 0 Å². The fourth-order valence-electron chi connectivity index (χ4n) is 1.47. The van der Waals surface area contributed by atoms with Crippen LogP contribution in [0.1, 0.15) is 26.3 Å². The van der Waals surface area contributed by atoms with Crippen molar-refractivity contribution in [3.63, 3.8) is 0 Å². The Morgan fingerprint density at radius 3 is 2.72 bits per heavy atom. The van der Waals surface area contributed by atoms with Crippen molar-refractivity contribution in [1.29, 1.82) is 5.26 Å². The molecular weight excluding hydrogens is 231 g/mol. The first-order valence-electron chi connectivity index (χ1n) is 5.84. The summed E-state index contributed by atoms with van der Waals surface area (Å²) < 4.78 is 13.0. The molecule has 0 fully saturated rings. The minimum Gasteiger partial charge on any atom is -0.338 e. The van der Waals surface area contributed by atoms with Crippen LogP contribution in [-0.2, 0) is 11.2 Å². The lowest BCUT2D eigenvalue weighted by atomic mass is 9.90. The zero-order valence-corrected chi connectivity index (χ0v) is 10.8. The van der Waals surface area contributed by atoms with Gasteiger partial charge in [-0.2, -0.15) is 5.26 Å². The molecule has 3 nitrogen and oxygen atoms in total. The quantitative estimate of drug-likeness (QED) is 0.889. The SMILES string of the molecule is CC(C)C(C)(C#N)NC(=O)Cc1cccc(F)c1. The Labute approximate surface area is 107 Å². The first-order valence-corrected chi connectivity index (χ1v) is 5.84. The van der Waals surface area contributed by atoms with Crippen molar-refractivity contribution in [2.45, 2.75) is 32.7 Å². The standard InChI is InChI=1S/C14H17FN2O/c1-10(2)14(3,9-16)17-13(18)8-11-5-4-6-12(15)7-11/h4-7,10H,8H2,1-3H3,(H,17,18). The van der Waals surface area contributed by atoms with Gasteiger partial charge in [0.1, 0.15) is 11.4 Å². The molecule has 0 aromatic heterocycles. The van der Waals surface area contributed by atoms with Gasteiger partial charge in [0.05, 0.1) is 12.5 Å². The number of halogens is 1. The second-order valence-corrected chi connectivity index (χ2v) is 4.82. The maximum atomic E-state index is 13.0. The van der Waals surface area contributed by atoms with Gasteiger partial charge in [-0.3, -0.25) is 4.79 Å². The molecule has 0 saturated carbocycles. The highest BCUT2D eigenvalue weighted by atomic mass is 19.1. The number of nitriles is 1. The number of carbonyl (C=O) groups is 1. The second-order valence-electron chi connectivity index (χ2n) is 4.82. The van der Waals surface area contributed by atoms with E-state index >= 15 is 0 Å². The third-order valence-electron chi connectivity index (χ3n) is 3.04. The van der Waals surface area contributed by atoms with Gasteiger partial charge in [-0.15, -0.1) is 0 Å². The van der Waals surface area contributed by atoms with Gasteiger partial charge in [0.25, 0.3) is 0 Å². The van der Waals surface area contributed by atoms with E-state index < -0.39 is 5.54 Å². The lowest BCUT2D eigenvalue weighted by molar-refractivity contribution is -0.122. The second kappa shape index (κ2) is 5.63. The molecule has 1 amide bonds. The molecule has 0 aliphatic rings. The molecule has 1 unspecified atom stereocenters. The number of nitrogens with one attached hydrogen (secondary N) is 1. The molecule has 0 aliphatic carbocycles. The van der Waals surface area contributed by atoms with Crippen LogP contribution in [0, 0.1) is 23.1 Å². The fourth-order valence-corrected chi connectivity index (χ4v) is 1.47. The zero-order chi connectivity index (χ0) is 13.8. The van der Waals surface area contributed by atoms with Gasteiger partial charge in [0, 0.05) is 0 Å². The molecule has 1 rings (SSSR count). The third kappa shape index (κ3) is 3.56. The van der Waals surface area contributed by atoms with Gasteiger partial charge in [-0.05, 0) is 30.5 Å². The number of hydrogen-bond acceptors (Lipinski definition) is 2. The van der Waals surface area contributed by atoms with Crippen LogP contribution in [-0.4, -0.2) is 11.4 Å². The molecule has 1 atom stereocenters. The Hall–Kier alpha value is -1.89. The smallest absolute Gasteiger partial charge is 0.225 e. The number of carbonyl (C=O) groups excluding carboxylic acids is 1. The van der Waals surface area contributed by atoms with Crippen LogP contribution < -0.4 is 5.32 Å². The molecular formula is C14H17FN2O. The fraction of sp³-hybridized carbons (Fsp3) is 0.429. The summed E-state index contributed by atoms with van der Waals surface area (Å²) in [6, 6.07) is 7.99. The lowest BCUT2D eigenvalue weighted by Gasteiger charge is -2.27. The highest BCUT2D eigenvalue weighted by Gasteiger charge is 2.29. The van der Waals surface area contributed by atoms with E-state index in [1.807, 2.05) is 13.8 Å². The normalized spacial score (nSPS) is 13.8. The van der Waals surface area contributed by atoms with Gasteiger partial charge in [-0.25, -0.2) is 4.39 Å². The molecule has 1 aromatic carbocycles. The van der Waals surface area contributed by atoms with E-state index in [2.05, 4.69) is 11.4 Å². The molecule has 18 heavy (non-hydrogen) atoms. The van der Waals surface area contributed by atoms with Crippen molar-refractivity contribution in [2.75, 3.05) is 0 Å². The maximum Gasteiger partial charge on any atom is 0.225 e. The van der Waals surface area contributed by atoms with Crippen LogP contribution in [0.4, 0.5) is 4.39 Å². The number of hydrogen-bond donors (Lipinski definition) is 1. The molecule has 0 saturated heterocycles. The van der Waals surface area contributed by atoms with Crippen LogP contribution in [0.5, 0.6) is 0 Å². The summed E-state index contributed by atoms with van der Waals surface area (Å²) in [4.78, 5) is 11.8. The average Bonchev–Trinajstić information content (AvgIpc) is 2.28. The third-order valence-corrected chi connectivity index (χ3v) is 3.04. The highest BCUT2D eigenvalue weighted by Crippen LogP contribution is 2.15. The number of benzene rings is 1. The number of amides is 1. The van der Waals surface area contributed by atoms with E-state index in [-0.39, 0.29) is 24.1 Å². The Bertz CT molecular complexity index is 479. The first kappa shape index (κ1) is 14.2. The first-order chi connectivity index (χ1) is 8.37. The van der Waals surface area contributed by atoms with Gasteiger partial charge in [-0.1, -0.05) is 26.0 Å². The minimum atomic E-state index is -0.898. The summed E-state index contributed by atoms with van der Waals surface area (Å²) >= 11 is 0. The maximum absolute atomic E-state index is 13.0. The van der Waals surface area contributed by atoms with Crippen LogP contribution in [0.2, 0.25) is 0 Å². The predicted octanol–water partition coefficient (Wildman–Crippen LogP) is 2.42. The summed E-state index contributed by atoms with van der Waals surface area (Å²) in [5, 5.41) is 11.8. The van der Waals surface area contributed by atoms with E-state index in [1.165, 1.54) is 12.1 Å². The van der Waals surface area contributed by atoms with E-state index in [0.717, 1.165) is 0 Å². The predicted molar refractivity (Wildman–Crippen MR) is 67.1 cm³/mol. The Morgan fingerprint density at radius 1 is 1.56 bits per heavy atom. The lowest BCUT2D eigenvalue weighted by Crippen LogP contribution is -2.49. The summed E-state index contributed by atoms with van der Waals surface area (Å²) in [5.41, 5.74) is -0.304. The average molecular weight is 248 g/mol. The van der Waals surface area contributed by atoms with Crippen molar-refractivity contribution >= 4 is 5.91 Å². The Balaban J connectivity index is 2.71. The summed E-state index contributed by atoms with van der Waals surface area (Å²) in [7, 11) is 0. The molecule has 0 spiro atoms. The van der Waals surface area contributed by atoms with E-state index in [0.29, 0.717) is 5.56 Å². The molecule has 4 heteroatoms. The topological polar surface area (TPSA) is 52.9 Å². The van der Waals surface area contributed by atoms with Crippen molar-refractivity contribution in [3.05, 3.63) is 35.6 Å². The summed E-state index contributed by atoms with van der Waals surface area (Å²) in [6.45, 7) is 5.42. The van der Waals surface area contributed by atoms with E-state index in [9.17, 15) is 9.18 Å². The zero-order valence-electron chi connectivity index (χ0n) is 10.8. The summed E-state index contributed by atoms with van der Waals surface area (Å²) in [5.74, 6) is -0.649. The molecule has 1 aromatic rings. The molecule has 0 heterocycles. The van der Waals surface area contributed by atoms with Crippen LogP contribution in [0.3, 0.4) is 0 Å². The van der Waals surface area contributed by atoms with Crippen molar-refractivity contribution in [2.24, 2.45) is 5.92 Å². The van der Waals surface area contributed by atoms with Gasteiger partial charge >= 0.3 is 0 Å². The molecule has 0 radical (unpaired) electrons. The van der Waals surface area contributed by atoms with E-state index in [4.69, 9.17) is 5.26 Å². The Morgan fingerprint density at radius 2 is 2.22 bits per heavy atom. The molecule has 0 aliphatic heterocycles. The van der Waals surface area contributed by atoms with Gasteiger partial charge in [0.15, 0.2) is 0 Å². The van der Waals surface area contributed by atoms with Crippen LogP contribution in [0.15, 0.2) is 24.3 Å².